The van der Waals surface area contributed by atoms with Gasteiger partial charge in [0.25, 0.3) is 0 Å². The van der Waals surface area contributed by atoms with E-state index >= 15 is 0 Å². The number of carbonyl (C=O) groups is 1. The van der Waals surface area contributed by atoms with Crippen LogP contribution in [0.1, 0.15) is 45.1 Å². The minimum atomic E-state index is -1.09. The van der Waals surface area contributed by atoms with Crippen molar-refractivity contribution in [1.82, 2.24) is 5.32 Å². The van der Waals surface area contributed by atoms with Gasteiger partial charge in [-0.05, 0) is 31.2 Å². The minimum absolute atomic E-state index is 0.250. The van der Waals surface area contributed by atoms with Crippen molar-refractivity contribution < 1.29 is 9.90 Å². The van der Waals surface area contributed by atoms with Crippen LogP contribution in [0.15, 0.2) is 30.3 Å². The van der Waals surface area contributed by atoms with Crippen molar-refractivity contribution in [3.63, 3.8) is 0 Å². The van der Waals surface area contributed by atoms with Gasteiger partial charge in [0.2, 0.25) is 5.91 Å². The summed E-state index contributed by atoms with van der Waals surface area (Å²) in [5, 5.41) is 13.4. The monoisotopic (exact) mass is 290 g/mol. The standard InChI is InChI=1S/C17H26N2O2/c1-13-7-6-10-17(21,11-13)12-19-15(20)16(2,18)14-8-4-3-5-9-14/h3-5,8-9,13,21H,6-7,10-12,18H2,1-2H3,(H,19,20). The average molecular weight is 290 g/mol. The first-order valence-corrected chi connectivity index (χ1v) is 7.69. The summed E-state index contributed by atoms with van der Waals surface area (Å²) >= 11 is 0. The van der Waals surface area contributed by atoms with Crippen molar-refractivity contribution in [2.45, 2.75) is 50.7 Å². The third-order valence-corrected chi connectivity index (χ3v) is 4.49. The van der Waals surface area contributed by atoms with Gasteiger partial charge in [-0.3, -0.25) is 4.79 Å². The second-order valence-corrected chi connectivity index (χ2v) is 6.68. The maximum Gasteiger partial charge on any atom is 0.244 e. The van der Waals surface area contributed by atoms with Gasteiger partial charge >= 0.3 is 0 Å². The molecule has 4 N–H and O–H groups in total. The van der Waals surface area contributed by atoms with E-state index in [0.717, 1.165) is 31.2 Å². The first-order chi connectivity index (χ1) is 9.83. The van der Waals surface area contributed by atoms with Gasteiger partial charge in [-0.15, -0.1) is 0 Å². The molecule has 1 saturated carbocycles. The van der Waals surface area contributed by atoms with Crippen LogP contribution in [0, 0.1) is 5.92 Å². The molecule has 1 amide bonds. The highest BCUT2D eigenvalue weighted by Crippen LogP contribution is 2.31. The second-order valence-electron chi connectivity index (χ2n) is 6.68. The van der Waals surface area contributed by atoms with E-state index < -0.39 is 11.1 Å². The molecule has 0 bridgehead atoms. The fraction of sp³-hybridized carbons (Fsp3) is 0.588. The molecule has 0 aliphatic heterocycles. The highest BCUT2D eigenvalue weighted by atomic mass is 16.3. The van der Waals surface area contributed by atoms with Gasteiger partial charge in [0.05, 0.1) is 5.60 Å². The molecule has 3 unspecified atom stereocenters. The van der Waals surface area contributed by atoms with Crippen LogP contribution in [0.4, 0.5) is 0 Å². The highest BCUT2D eigenvalue weighted by molar-refractivity contribution is 5.87. The van der Waals surface area contributed by atoms with Crippen molar-refractivity contribution in [2.24, 2.45) is 11.7 Å². The molecule has 1 aliphatic carbocycles. The molecule has 21 heavy (non-hydrogen) atoms. The van der Waals surface area contributed by atoms with Crippen LogP contribution in [-0.2, 0) is 10.3 Å². The van der Waals surface area contributed by atoms with Gasteiger partial charge in [0, 0.05) is 6.54 Å². The topological polar surface area (TPSA) is 75.3 Å². The fourth-order valence-corrected chi connectivity index (χ4v) is 3.14. The maximum atomic E-state index is 12.4. The predicted molar refractivity (Wildman–Crippen MR) is 83.6 cm³/mol. The lowest BCUT2D eigenvalue weighted by Crippen LogP contribution is -2.53. The number of amides is 1. The molecule has 1 fully saturated rings. The van der Waals surface area contributed by atoms with E-state index in [-0.39, 0.29) is 12.5 Å². The Labute approximate surface area is 126 Å². The molecule has 1 aromatic carbocycles. The molecular weight excluding hydrogens is 264 g/mol. The minimum Gasteiger partial charge on any atom is -0.388 e. The second kappa shape index (κ2) is 6.16. The van der Waals surface area contributed by atoms with Crippen LogP contribution < -0.4 is 11.1 Å². The number of aliphatic hydroxyl groups is 1. The molecule has 0 spiro atoms. The molecule has 1 aliphatic rings. The zero-order valence-corrected chi connectivity index (χ0v) is 12.9. The molecule has 116 valence electrons. The molecule has 0 saturated heterocycles. The Morgan fingerprint density at radius 1 is 1.48 bits per heavy atom. The van der Waals surface area contributed by atoms with Crippen LogP contribution in [0.25, 0.3) is 0 Å². The zero-order valence-electron chi connectivity index (χ0n) is 12.9. The number of rotatable bonds is 4. The quantitative estimate of drug-likeness (QED) is 0.793. The lowest BCUT2D eigenvalue weighted by molar-refractivity contribution is -0.128. The smallest absolute Gasteiger partial charge is 0.244 e. The number of nitrogens with two attached hydrogens (primary N) is 1. The maximum absolute atomic E-state index is 12.4. The molecule has 4 nitrogen and oxygen atoms in total. The van der Waals surface area contributed by atoms with E-state index in [4.69, 9.17) is 5.73 Å². The summed E-state index contributed by atoms with van der Waals surface area (Å²) in [5.41, 5.74) is 5.07. The average Bonchev–Trinajstić information content (AvgIpc) is 2.45. The summed E-state index contributed by atoms with van der Waals surface area (Å²) < 4.78 is 0. The highest BCUT2D eigenvalue weighted by Gasteiger charge is 2.36. The van der Waals surface area contributed by atoms with E-state index in [1.165, 1.54) is 0 Å². The Kier molecular flexibility index (Phi) is 4.69. The summed E-state index contributed by atoms with van der Waals surface area (Å²) in [6.07, 6.45) is 3.63. The summed E-state index contributed by atoms with van der Waals surface area (Å²) in [4.78, 5) is 12.4. The van der Waals surface area contributed by atoms with Crippen LogP contribution in [-0.4, -0.2) is 23.2 Å². The molecule has 1 aromatic rings. The molecule has 2 rings (SSSR count). The largest absolute Gasteiger partial charge is 0.388 e. The van der Waals surface area contributed by atoms with Gasteiger partial charge in [-0.2, -0.15) is 0 Å². The summed E-state index contributed by atoms with van der Waals surface area (Å²) in [5.74, 6) is 0.249. The summed E-state index contributed by atoms with van der Waals surface area (Å²) in [6, 6.07) is 9.31. The predicted octanol–water partition coefficient (Wildman–Crippen LogP) is 1.92. The lowest BCUT2D eigenvalue weighted by atomic mass is 9.79. The first kappa shape index (κ1) is 16.0. The number of hydrogen-bond donors (Lipinski definition) is 3. The van der Waals surface area contributed by atoms with Crippen molar-refractivity contribution in [2.75, 3.05) is 6.54 Å². The number of benzene rings is 1. The first-order valence-electron chi connectivity index (χ1n) is 7.69. The third kappa shape index (κ3) is 3.83. The van der Waals surface area contributed by atoms with Crippen LogP contribution in [0.5, 0.6) is 0 Å². The van der Waals surface area contributed by atoms with Gasteiger partial charge in [0.1, 0.15) is 5.54 Å². The van der Waals surface area contributed by atoms with Crippen LogP contribution in [0.3, 0.4) is 0 Å². The van der Waals surface area contributed by atoms with E-state index in [1.54, 1.807) is 6.92 Å². The van der Waals surface area contributed by atoms with E-state index in [2.05, 4.69) is 12.2 Å². The van der Waals surface area contributed by atoms with E-state index in [9.17, 15) is 9.90 Å². The Balaban J connectivity index is 1.98. The normalized spacial score (nSPS) is 28.7. The van der Waals surface area contributed by atoms with E-state index in [0.29, 0.717) is 5.92 Å². The van der Waals surface area contributed by atoms with Gasteiger partial charge in [-0.25, -0.2) is 0 Å². The zero-order chi connectivity index (χ0) is 15.5. The van der Waals surface area contributed by atoms with Gasteiger partial charge in [-0.1, -0.05) is 50.1 Å². The Morgan fingerprint density at radius 2 is 2.14 bits per heavy atom. The summed E-state index contributed by atoms with van der Waals surface area (Å²) in [6.45, 7) is 4.12. The molecule has 4 heteroatoms. The van der Waals surface area contributed by atoms with Crippen LogP contribution >= 0.6 is 0 Å². The Morgan fingerprint density at radius 3 is 2.76 bits per heavy atom. The number of nitrogens with one attached hydrogen (secondary N) is 1. The number of hydrogen-bond acceptors (Lipinski definition) is 3. The molecule has 3 atom stereocenters. The Hall–Kier alpha value is -1.39. The fourth-order valence-electron chi connectivity index (χ4n) is 3.14. The molecule has 0 heterocycles. The SMILES string of the molecule is CC1CCCC(O)(CNC(=O)C(C)(N)c2ccccc2)C1. The van der Waals surface area contributed by atoms with Crippen molar-refractivity contribution in [3.05, 3.63) is 35.9 Å². The molecule has 0 radical (unpaired) electrons. The van der Waals surface area contributed by atoms with E-state index in [1.807, 2.05) is 30.3 Å². The van der Waals surface area contributed by atoms with Gasteiger partial charge < -0.3 is 16.2 Å². The Bertz CT molecular complexity index is 487. The summed E-state index contributed by atoms with van der Waals surface area (Å²) in [7, 11) is 0. The number of carbonyl (C=O) groups excluding carboxylic acids is 1. The molecular formula is C17H26N2O2. The van der Waals surface area contributed by atoms with Gasteiger partial charge in [0.15, 0.2) is 0 Å². The van der Waals surface area contributed by atoms with Crippen molar-refractivity contribution in [3.8, 4) is 0 Å². The van der Waals surface area contributed by atoms with Crippen molar-refractivity contribution in [1.29, 1.82) is 0 Å². The third-order valence-electron chi connectivity index (χ3n) is 4.49. The van der Waals surface area contributed by atoms with Crippen molar-refractivity contribution >= 4 is 5.91 Å². The lowest BCUT2D eigenvalue weighted by Gasteiger charge is -2.36. The molecule has 0 aromatic heterocycles. The van der Waals surface area contributed by atoms with Crippen LogP contribution in [0.2, 0.25) is 0 Å².